The number of halogens is 1. The number of hydrogen-bond donors (Lipinski definition) is 1. The van der Waals surface area contributed by atoms with E-state index in [1.54, 1.807) is 12.4 Å². The van der Waals surface area contributed by atoms with Crippen LogP contribution in [0, 0.1) is 0 Å². The molecule has 112 valence electrons. The van der Waals surface area contributed by atoms with Gasteiger partial charge in [0.15, 0.2) is 0 Å². The Morgan fingerprint density at radius 3 is 2.74 bits per heavy atom. The molecule has 0 aliphatic rings. The van der Waals surface area contributed by atoms with E-state index in [2.05, 4.69) is 40.6 Å². The molecule has 4 aromatic rings. The minimum absolute atomic E-state index is 0.739. The molecule has 6 heteroatoms. The molecule has 0 bridgehead atoms. The second kappa shape index (κ2) is 5.81. The van der Waals surface area contributed by atoms with Crippen LogP contribution in [0.25, 0.3) is 16.9 Å². The molecule has 1 N–H and O–H groups in total. The number of pyridine rings is 3. The first-order valence-corrected chi connectivity index (χ1v) is 7.86. The highest BCUT2D eigenvalue weighted by molar-refractivity contribution is 9.10. The molecule has 0 atom stereocenters. The first kappa shape index (κ1) is 13.9. The average molecular weight is 366 g/mol. The van der Waals surface area contributed by atoms with Gasteiger partial charge in [0.25, 0.3) is 0 Å². The molecule has 0 aliphatic carbocycles. The van der Waals surface area contributed by atoms with E-state index in [0.29, 0.717) is 0 Å². The largest absolute Gasteiger partial charge is 0.325 e. The monoisotopic (exact) mass is 365 g/mol. The second-order valence-corrected chi connectivity index (χ2v) is 5.90. The standard InChI is InChI=1S/C17H12BrN5/c18-13-4-5-15(20-10-13)22-16-9-12(6-7-19-16)14-11-21-17-3-1-2-8-23(14)17/h1-11H,(H,19,20,22). The Morgan fingerprint density at radius 2 is 1.87 bits per heavy atom. The van der Waals surface area contributed by atoms with Crippen LogP contribution in [0.5, 0.6) is 0 Å². The van der Waals surface area contributed by atoms with Gasteiger partial charge < -0.3 is 5.32 Å². The quantitative estimate of drug-likeness (QED) is 0.588. The third-order valence-electron chi connectivity index (χ3n) is 3.46. The second-order valence-electron chi connectivity index (χ2n) is 4.99. The molecule has 0 spiro atoms. The maximum Gasteiger partial charge on any atom is 0.137 e. The van der Waals surface area contributed by atoms with E-state index in [-0.39, 0.29) is 0 Å². The third-order valence-corrected chi connectivity index (χ3v) is 3.93. The van der Waals surface area contributed by atoms with Gasteiger partial charge in [0.05, 0.1) is 11.9 Å². The highest BCUT2D eigenvalue weighted by atomic mass is 79.9. The summed E-state index contributed by atoms with van der Waals surface area (Å²) < 4.78 is 2.99. The molecule has 0 amide bonds. The number of imidazole rings is 1. The lowest BCUT2D eigenvalue weighted by atomic mass is 10.2. The number of anilines is 2. The van der Waals surface area contributed by atoms with E-state index < -0.39 is 0 Å². The lowest BCUT2D eigenvalue weighted by Gasteiger charge is -2.07. The van der Waals surface area contributed by atoms with Crippen molar-refractivity contribution in [1.82, 2.24) is 19.4 Å². The summed E-state index contributed by atoms with van der Waals surface area (Å²) in [5.74, 6) is 1.49. The summed E-state index contributed by atoms with van der Waals surface area (Å²) in [6.45, 7) is 0. The molecule has 0 radical (unpaired) electrons. The Hall–Kier alpha value is -2.73. The molecule has 0 saturated heterocycles. The van der Waals surface area contributed by atoms with Crippen LogP contribution in [0.2, 0.25) is 0 Å². The maximum atomic E-state index is 4.42. The van der Waals surface area contributed by atoms with Crippen molar-refractivity contribution in [3.63, 3.8) is 0 Å². The molecule has 23 heavy (non-hydrogen) atoms. The van der Waals surface area contributed by atoms with Gasteiger partial charge in [-0.3, -0.25) is 4.40 Å². The fourth-order valence-corrected chi connectivity index (χ4v) is 2.62. The van der Waals surface area contributed by atoms with Crippen LogP contribution >= 0.6 is 15.9 Å². The summed E-state index contributed by atoms with van der Waals surface area (Å²) in [5, 5.41) is 3.21. The Labute approximate surface area is 141 Å². The molecule has 0 saturated carbocycles. The van der Waals surface area contributed by atoms with Crippen LogP contribution in [0.3, 0.4) is 0 Å². The highest BCUT2D eigenvalue weighted by Crippen LogP contribution is 2.23. The number of fused-ring (bicyclic) bond motifs is 1. The van der Waals surface area contributed by atoms with Gasteiger partial charge in [-0.15, -0.1) is 0 Å². The van der Waals surface area contributed by atoms with Crippen molar-refractivity contribution >= 4 is 33.2 Å². The van der Waals surface area contributed by atoms with Gasteiger partial charge in [-0.2, -0.15) is 0 Å². The van der Waals surface area contributed by atoms with Crippen LogP contribution in [-0.4, -0.2) is 19.4 Å². The van der Waals surface area contributed by atoms with E-state index in [0.717, 1.165) is 33.0 Å². The smallest absolute Gasteiger partial charge is 0.137 e. The molecule has 0 aromatic carbocycles. The van der Waals surface area contributed by atoms with Crippen molar-refractivity contribution < 1.29 is 0 Å². The predicted octanol–water partition coefficient (Wildman–Crippen LogP) is 4.30. The maximum absolute atomic E-state index is 4.42. The number of rotatable bonds is 3. The number of hydrogen-bond acceptors (Lipinski definition) is 4. The Balaban J connectivity index is 1.70. The summed E-state index contributed by atoms with van der Waals surface area (Å²) in [5.41, 5.74) is 2.98. The van der Waals surface area contributed by atoms with Crippen molar-refractivity contribution in [2.75, 3.05) is 5.32 Å². The van der Waals surface area contributed by atoms with Crippen LogP contribution < -0.4 is 5.32 Å². The van der Waals surface area contributed by atoms with Crippen LogP contribution in [0.1, 0.15) is 0 Å². The van der Waals surface area contributed by atoms with Crippen LogP contribution in [0.15, 0.2) is 71.7 Å². The van der Waals surface area contributed by atoms with Gasteiger partial charge in [0.1, 0.15) is 17.3 Å². The highest BCUT2D eigenvalue weighted by Gasteiger charge is 2.07. The Kier molecular flexibility index (Phi) is 3.51. The minimum Gasteiger partial charge on any atom is -0.325 e. The van der Waals surface area contributed by atoms with Crippen molar-refractivity contribution in [3.8, 4) is 11.3 Å². The van der Waals surface area contributed by atoms with Gasteiger partial charge in [0.2, 0.25) is 0 Å². The first-order valence-electron chi connectivity index (χ1n) is 7.07. The summed E-state index contributed by atoms with van der Waals surface area (Å²) in [6, 6.07) is 13.7. The lowest BCUT2D eigenvalue weighted by Crippen LogP contribution is -1.96. The van der Waals surface area contributed by atoms with Crippen molar-refractivity contribution in [1.29, 1.82) is 0 Å². The molecule has 4 aromatic heterocycles. The molecule has 0 fully saturated rings. The zero-order valence-corrected chi connectivity index (χ0v) is 13.6. The van der Waals surface area contributed by atoms with Gasteiger partial charge in [0, 0.05) is 28.6 Å². The zero-order valence-electron chi connectivity index (χ0n) is 12.0. The van der Waals surface area contributed by atoms with Crippen molar-refractivity contribution in [2.45, 2.75) is 0 Å². The van der Waals surface area contributed by atoms with Crippen LogP contribution in [-0.2, 0) is 0 Å². The Bertz CT molecular complexity index is 962. The predicted molar refractivity (Wildman–Crippen MR) is 93.6 cm³/mol. The van der Waals surface area contributed by atoms with Crippen molar-refractivity contribution in [2.24, 2.45) is 0 Å². The van der Waals surface area contributed by atoms with Gasteiger partial charge in [-0.05, 0) is 52.3 Å². The van der Waals surface area contributed by atoms with Crippen LogP contribution in [0.4, 0.5) is 11.6 Å². The summed E-state index contributed by atoms with van der Waals surface area (Å²) in [6.07, 6.45) is 7.39. The number of nitrogens with one attached hydrogen (secondary N) is 1. The first-order chi connectivity index (χ1) is 11.3. The number of nitrogens with zero attached hydrogens (tertiary/aromatic N) is 4. The fraction of sp³-hybridized carbons (Fsp3) is 0. The summed E-state index contributed by atoms with van der Waals surface area (Å²) >= 11 is 3.38. The third kappa shape index (κ3) is 2.80. The summed E-state index contributed by atoms with van der Waals surface area (Å²) in [4.78, 5) is 13.1. The van der Waals surface area contributed by atoms with E-state index in [1.165, 1.54) is 0 Å². The average Bonchev–Trinajstić information content (AvgIpc) is 3.01. The molecule has 0 aliphatic heterocycles. The van der Waals surface area contributed by atoms with Gasteiger partial charge >= 0.3 is 0 Å². The fourth-order valence-electron chi connectivity index (χ4n) is 2.39. The normalized spacial score (nSPS) is 10.8. The van der Waals surface area contributed by atoms with Crippen molar-refractivity contribution in [3.05, 3.63) is 71.7 Å². The summed E-state index contributed by atoms with van der Waals surface area (Å²) in [7, 11) is 0. The molecular weight excluding hydrogens is 354 g/mol. The topological polar surface area (TPSA) is 55.1 Å². The van der Waals surface area contributed by atoms with E-state index in [9.17, 15) is 0 Å². The van der Waals surface area contributed by atoms with Gasteiger partial charge in [-0.25, -0.2) is 15.0 Å². The van der Waals surface area contributed by atoms with E-state index >= 15 is 0 Å². The SMILES string of the molecule is Brc1ccc(Nc2cc(-c3cnc4ccccn34)ccn2)nc1. The molecule has 0 unspecified atom stereocenters. The molecule has 4 rings (SSSR count). The minimum atomic E-state index is 0.739. The Morgan fingerprint density at radius 1 is 0.913 bits per heavy atom. The van der Waals surface area contributed by atoms with E-state index in [4.69, 9.17) is 0 Å². The molecule has 5 nitrogen and oxygen atoms in total. The molecule has 4 heterocycles. The van der Waals surface area contributed by atoms with E-state index in [1.807, 2.05) is 54.9 Å². The van der Waals surface area contributed by atoms with Gasteiger partial charge in [-0.1, -0.05) is 6.07 Å². The number of aromatic nitrogens is 4. The zero-order chi connectivity index (χ0) is 15.6. The lowest BCUT2D eigenvalue weighted by molar-refractivity contribution is 1.18. The molecular formula is C17H12BrN5.